The zero-order chi connectivity index (χ0) is 14.2. The third-order valence-corrected chi connectivity index (χ3v) is 2.93. The number of nitrogens with one attached hydrogen (secondary N) is 1. The van der Waals surface area contributed by atoms with Crippen LogP contribution in [0.5, 0.6) is 11.6 Å². The fraction of sp³-hybridized carbons (Fsp3) is 0.167. The quantitative estimate of drug-likeness (QED) is 0.867. The molecule has 19 heavy (non-hydrogen) atoms. The maximum Gasteiger partial charge on any atom is 0.335 e. The van der Waals surface area contributed by atoms with Gasteiger partial charge in [0.2, 0.25) is 5.88 Å². The van der Waals surface area contributed by atoms with E-state index >= 15 is 0 Å². The van der Waals surface area contributed by atoms with Gasteiger partial charge in [0, 0.05) is 5.02 Å². The zero-order valence-electron chi connectivity index (χ0n) is 10.2. The highest BCUT2D eigenvalue weighted by molar-refractivity contribution is 6.30. The first-order valence-corrected chi connectivity index (χ1v) is 5.72. The summed E-state index contributed by atoms with van der Waals surface area (Å²) in [7, 11) is 1.42. The number of aromatic hydroxyl groups is 1. The maximum absolute atomic E-state index is 11.8. The Bertz CT molecular complexity index is 748. The molecule has 7 heteroatoms. The number of nitrogens with zero attached hydrogens (tertiary/aromatic N) is 1. The van der Waals surface area contributed by atoms with Gasteiger partial charge in [0.15, 0.2) is 0 Å². The second kappa shape index (κ2) is 4.81. The molecule has 0 unspecified atom stereocenters. The molecule has 6 nitrogen and oxygen atoms in total. The summed E-state index contributed by atoms with van der Waals surface area (Å²) >= 11 is 5.87. The van der Waals surface area contributed by atoms with Crippen LogP contribution >= 0.6 is 11.6 Å². The summed E-state index contributed by atoms with van der Waals surface area (Å²) in [6.07, 6.45) is 0. The van der Waals surface area contributed by atoms with Crippen LogP contribution in [-0.4, -0.2) is 21.8 Å². The van der Waals surface area contributed by atoms with Crippen LogP contribution in [0.25, 0.3) is 5.69 Å². The van der Waals surface area contributed by atoms with Gasteiger partial charge in [0.05, 0.1) is 18.4 Å². The SMILES string of the molecule is COc1ccc(Cl)cc1-n1c(O)c(C)c(=O)[nH]c1=O. The summed E-state index contributed by atoms with van der Waals surface area (Å²) in [5.74, 6) is -0.109. The van der Waals surface area contributed by atoms with Crippen LogP contribution in [-0.2, 0) is 0 Å². The molecule has 0 bridgehead atoms. The van der Waals surface area contributed by atoms with Gasteiger partial charge < -0.3 is 9.84 Å². The van der Waals surface area contributed by atoms with Crippen LogP contribution in [0.3, 0.4) is 0 Å². The van der Waals surface area contributed by atoms with Gasteiger partial charge in [-0.25, -0.2) is 9.36 Å². The minimum absolute atomic E-state index is 0.0293. The number of ether oxygens (including phenoxy) is 1. The van der Waals surface area contributed by atoms with Crippen LogP contribution in [0.15, 0.2) is 27.8 Å². The Morgan fingerprint density at radius 2 is 2.05 bits per heavy atom. The molecule has 2 aromatic rings. The average molecular weight is 283 g/mol. The van der Waals surface area contributed by atoms with E-state index in [1.807, 2.05) is 0 Å². The van der Waals surface area contributed by atoms with Crippen molar-refractivity contribution in [2.75, 3.05) is 7.11 Å². The highest BCUT2D eigenvalue weighted by Gasteiger charge is 2.15. The Hall–Kier alpha value is -2.21. The molecule has 1 heterocycles. The van der Waals surface area contributed by atoms with Gasteiger partial charge in [-0.15, -0.1) is 0 Å². The van der Waals surface area contributed by atoms with Crippen molar-refractivity contribution in [3.05, 3.63) is 49.6 Å². The number of hydrogen-bond donors (Lipinski definition) is 2. The molecule has 0 spiro atoms. The summed E-state index contributed by atoms with van der Waals surface area (Å²) in [6.45, 7) is 1.40. The Labute approximate surface area is 112 Å². The normalized spacial score (nSPS) is 10.5. The minimum atomic E-state index is -0.770. The molecule has 0 atom stereocenters. The van der Waals surface area contributed by atoms with Crippen molar-refractivity contribution >= 4 is 11.6 Å². The second-order valence-electron chi connectivity index (χ2n) is 3.86. The molecule has 0 amide bonds. The third-order valence-electron chi connectivity index (χ3n) is 2.69. The monoisotopic (exact) mass is 282 g/mol. The summed E-state index contributed by atoms with van der Waals surface area (Å²) in [5, 5.41) is 10.3. The zero-order valence-corrected chi connectivity index (χ0v) is 11.0. The lowest BCUT2D eigenvalue weighted by Crippen LogP contribution is -2.30. The summed E-state index contributed by atoms with van der Waals surface area (Å²) < 4.78 is 6.05. The number of halogens is 1. The molecule has 0 aliphatic carbocycles. The van der Waals surface area contributed by atoms with E-state index in [2.05, 4.69) is 4.98 Å². The van der Waals surface area contributed by atoms with E-state index in [9.17, 15) is 14.7 Å². The molecular weight excluding hydrogens is 272 g/mol. The number of methoxy groups -OCH3 is 1. The number of rotatable bonds is 2. The smallest absolute Gasteiger partial charge is 0.335 e. The Balaban J connectivity index is 2.87. The highest BCUT2D eigenvalue weighted by Crippen LogP contribution is 2.28. The van der Waals surface area contributed by atoms with Crippen molar-refractivity contribution in [3.8, 4) is 17.3 Å². The second-order valence-corrected chi connectivity index (χ2v) is 4.30. The molecule has 0 fully saturated rings. The first-order valence-electron chi connectivity index (χ1n) is 5.34. The number of aromatic amines is 1. The first-order chi connectivity index (χ1) is 8.95. The number of H-pyrrole nitrogens is 1. The van der Waals surface area contributed by atoms with Crippen LogP contribution in [0, 0.1) is 6.92 Å². The number of hydrogen-bond acceptors (Lipinski definition) is 4. The summed E-state index contributed by atoms with van der Waals surface area (Å²) in [6, 6.07) is 4.60. The molecule has 0 radical (unpaired) electrons. The van der Waals surface area contributed by atoms with E-state index in [1.165, 1.54) is 20.1 Å². The molecule has 0 aliphatic heterocycles. The predicted octanol–water partition coefficient (Wildman–Crippen LogP) is 1.20. The molecule has 2 N–H and O–H groups in total. The van der Waals surface area contributed by atoms with Crippen LogP contribution in [0.4, 0.5) is 0 Å². The molecule has 0 saturated heterocycles. The average Bonchev–Trinajstić information content (AvgIpc) is 2.36. The first kappa shape index (κ1) is 13.2. The van der Waals surface area contributed by atoms with Gasteiger partial charge in [-0.3, -0.25) is 9.78 Å². The van der Waals surface area contributed by atoms with Crippen LogP contribution in [0.1, 0.15) is 5.56 Å². The Morgan fingerprint density at radius 1 is 1.37 bits per heavy atom. The molecule has 0 saturated carbocycles. The van der Waals surface area contributed by atoms with Crippen molar-refractivity contribution in [2.45, 2.75) is 6.92 Å². The minimum Gasteiger partial charge on any atom is -0.495 e. The Kier molecular flexibility index (Phi) is 3.35. The standard InChI is InChI=1S/C12H11ClN2O4/c1-6-10(16)14-12(18)15(11(6)17)8-5-7(13)3-4-9(8)19-2/h3-5,17H,1-2H3,(H,14,16,18). The molecule has 1 aromatic heterocycles. The maximum atomic E-state index is 11.8. The van der Waals surface area contributed by atoms with E-state index in [1.54, 1.807) is 12.1 Å². The lowest BCUT2D eigenvalue weighted by molar-refractivity contribution is 0.400. The predicted molar refractivity (Wildman–Crippen MR) is 70.6 cm³/mol. The van der Waals surface area contributed by atoms with Gasteiger partial charge >= 0.3 is 5.69 Å². The van der Waals surface area contributed by atoms with E-state index in [4.69, 9.17) is 16.3 Å². The van der Waals surface area contributed by atoms with E-state index in [0.717, 1.165) is 4.57 Å². The van der Waals surface area contributed by atoms with Gasteiger partial charge in [0.25, 0.3) is 5.56 Å². The molecule has 2 rings (SSSR count). The van der Waals surface area contributed by atoms with Gasteiger partial charge in [0.1, 0.15) is 5.75 Å². The van der Waals surface area contributed by atoms with Crippen molar-refractivity contribution in [2.24, 2.45) is 0 Å². The van der Waals surface area contributed by atoms with Crippen molar-refractivity contribution in [1.29, 1.82) is 0 Å². The molecule has 1 aromatic carbocycles. The summed E-state index contributed by atoms with van der Waals surface area (Å²) in [5.41, 5.74) is -1.13. The molecule has 0 aliphatic rings. The number of aromatic nitrogens is 2. The molecular formula is C12H11ClN2O4. The summed E-state index contributed by atoms with van der Waals surface area (Å²) in [4.78, 5) is 25.3. The van der Waals surface area contributed by atoms with E-state index in [0.29, 0.717) is 10.8 Å². The van der Waals surface area contributed by atoms with Crippen LogP contribution in [0.2, 0.25) is 5.02 Å². The van der Waals surface area contributed by atoms with Gasteiger partial charge in [-0.2, -0.15) is 0 Å². The van der Waals surface area contributed by atoms with E-state index < -0.39 is 17.1 Å². The lowest BCUT2D eigenvalue weighted by Gasteiger charge is -2.13. The lowest BCUT2D eigenvalue weighted by atomic mass is 10.2. The number of benzene rings is 1. The van der Waals surface area contributed by atoms with Crippen molar-refractivity contribution in [3.63, 3.8) is 0 Å². The molecule has 100 valence electrons. The van der Waals surface area contributed by atoms with Crippen molar-refractivity contribution in [1.82, 2.24) is 9.55 Å². The van der Waals surface area contributed by atoms with Gasteiger partial charge in [-0.1, -0.05) is 11.6 Å². The fourth-order valence-electron chi connectivity index (χ4n) is 1.67. The van der Waals surface area contributed by atoms with Crippen molar-refractivity contribution < 1.29 is 9.84 Å². The third kappa shape index (κ3) is 2.22. The largest absolute Gasteiger partial charge is 0.495 e. The Morgan fingerprint density at radius 3 is 2.68 bits per heavy atom. The fourth-order valence-corrected chi connectivity index (χ4v) is 1.84. The highest BCUT2D eigenvalue weighted by atomic mass is 35.5. The van der Waals surface area contributed by atoms with E-state index in [-0.39, 0.29) is 11.3 Å². The topological polar surface area (TPSA) is 84.3 Å². The van der Waals surface area contributed by atoms with Crippen LogP contribution < -0.4 is 16.0 Å². The van der Waals surface area contributed by atoms with Gasteiger partial charge in [-0.05, 0) is 25.1 Å².